The van der Waals surface area contributed by atoms with E-state index in [1.807, 2.05) is 6.92 Å². The lowest BCUT2D eigenvalue weighted by Crippen LogP contribution is -2.42. The first-order valence-electron chi connectivity index (χ1n) is 9.80. The molecule has 2 aliphatic heterocycles. The van der Waals surface area contributed by atoms with Gasteiger partial charge >= 0.3 is 0 Å². The molecule has 0 spiro atoms. The Hall–Kier alpha value is -1.44. The van der Waals surface area contributed by atoms with E-state index in [-0.39, 0.29) is 22.9 Å². The number of rotatable bonds is 5. The van der Waals surface area contributed by atoms with Gasteiger partial charge in [0.15, 0.2) is 0 Å². The van der Waals surface area contributed by atoms with Crippen molar-refractivity contribution in [3.05, 3.63) is 29.8 Å². The molecule has 27 heavy (non-hydrogen) atoms. The van der Waals surface area contributed by atoms with Crippen LogP contribution in [0.15, 0.2) is 29.2 Å². The number of amides is 1. The van der Waals surface area contributed by atoms with Crippen LogP contribution < -0.4 is 5.32 Å². The molecule has 1 aromatic rings. The first-order valence-corrected chi connectivity index (χ1v) is 11.2. The summed E-state index contributed by atoms with van der Waals surface area (Å²) in [5, 5.41) is 2.94. The van der Waals surface area contributed by atoms with E-state index < -0.39 is 10.0 Å². The third kappa shape index (κ3) is 4.70. The molecule has 150 valence electrons. The maximum Gasteiger partial charge on any atom is 0.251 e. The van der Waals surface area contributed by atoms with Gasteiger partial charge in [-0.1, -0.05) is 19.9 Å². The topological polar surface area (TPSA) is 75.7 Å². The van der Waals surface area contributed by atoms with Crippen molar-refractivity contribution in [3.63, 3.8) is 0 Å². The predicted molar refractivity (Wildman–Crippen MR) is 104 cm³/mol. The van der Waals surface area contributed by atoms with Gasteiger partial charge in [-0.3, -0.25) is 4.79 Å². The summed E-state index contributed by atoms with van der Waals surface area (Å²) in [5.74, 6) is 0.403. The number of piperidine rings is 1. The Balaban J connectivity index is 1.75. The molecule has 0 aliphatic carbocycles. The number of sulfonamides is 1. The van der Waals surface area contributed by atoms with Crippen molar-refractivity contribution < 1.29 is 17.9 Å². The van der Waals surface area contributed by atoms with Crippen molar-refractivity contribution in [2.45, 2.75) is 57.1 Å². The van der Waals surface area contributed by atoms with Crippen LogP contribution in [0.3, 0.4) is 0 Å². The van der Waals surface area contributed by atoms with Crippen LogP contribution >= 0.6 is 0 Å². The normalized spacial score (nSPS) is 28.0. The van der Waals surface area contributed by atoms with Gasteiger partial charge in [0.05, 0.1) is 17.0 Å². The quantitative estimate of drug-likeness (QED) is 0.833. The van der Waals surface area contributed by atoms with Crippen LogP contribution in [0.2, 0.25) is 0 Å². The second-order valence-electron chi connectivity index (χ2n) is 8.11. The first kappa shape index (κ1) is 20.3. The zero-order valence-electron chi connectivity index (χ0n) is 16.3. The minimum atomic E-state index is -3.60. The highest BCUT2D eigenvalue weighted by Crippen LogP contribution is 2.27. The molecule has 0 radical (unpaired) electrons. The van der Waals surface area contributed by atoms with E-state index in [0.717, 1.165) is 25.9 Å². The lowest BCUT2D eigenvalue weighted by atomic mass is 9.94. The fraction of sp³-hybridized carbons (Fsp3) is 0.650. The molecule has 2 saturated heterocycles. The van der Waals surface area contributed by atoms with E-state index in [9.17, 15) is 13.2 Å². The van der Waals surface area contributed by atoms with Crippen molar-refractivity contribution in [2.75, 3.05) is 19.7 Å². The molecular formula is C20H30N2O4S. The van der Waals surface area contributed by atoms with Crippen molar-refractivity contribution in [3.8, 4) is 0 Å². The molecule has 4 atom stereocenters. The van der Waals surface area contributed by atoms with Gasteiger partial charge in [-0.25, -0.2) is 8.42 Å². The summed E-state index contributed by atoms with van der Waals surface area (Å²) in [5.41, 5.74) is 0.360. The van der Waals surface area contributed by atoms with Gasteiger partial charge in [0.25, 0.3) is 5.91 Å². The Labute approximate surface area is 162 Å². The highest BCUT2D eigenvalue weighted by Gasteiger charge is 2.32. The standard InChI is InChI=1S/C20H30N2O4S/c1-14-10-15(2)13-22(12-14)27(24,25)18-7-4-6-17(11-18)20(23)21-16(3)19-8-5-9-26-19/h4,6-7,11,14-16,19H,5,8-10,12-13H2,1-3H3,(H,21,23). The van der Waals surface area contributed by atoms with Crippen LogP contribution in [-0.4, -0.2) is 50.5 Å². The average molecular weight is 395 g/mol. The smallest absolute Gasteiger partial charge is 0.251 e. The number of nitrogens with one attached hydrogen (secondary N) is 1. The molecule has 0 aromatic heterocycles. The van der Waals surface area contributed by atoms with E-state index in [1.165, 1.54) is 6.07 Å². The maximum atomic E-state index is 13.1. The molecule has 6 nitrogen and oxygen atoms in total. The summed E-state index contributed by atoms with van der Waals surface area (Å²) in [6.07, 6.45) is 3.00. The zero-order chi connectivity index (χ0) is 19.6. The molecule has 4 unspecified atom stereocenters. The fourth-order valence-electron chi connectivity index (χ4n) is 4.13. The number of carbonyl (C=O) groups excluding carboxylic acids is 1. The van der Waals surface area contributed by atoms with Crippen LogP contribution in [0.4, 0.5) is 0 Å². The van der Waals surface area contributed by atoms with Gasteiger partial charge in [-0.2, -0.15) is 4.31 Å². The van der Waals surface area contributed by atoms with Crippen LogP contribution in [0.1, 0.15) is 50.4 Å². The lowest BCUT2D eigenvalue weighted by molar-refractivity contribution is 0.0712. The summed E-state index contributed by atoms with van der Waals surface area (Å²) in [6.45, 7) is 7.86. The molecule has 2 fully saturated rings. The van der Waals surface area contributed by atoms with Gasteiger partial charge in [0, 0.05) is 25.3 Å². The minimum absolute atomic E-state index is 0.0252. The van der Waals surface area contributed by atoms with Crippen LogP contribution in [-0.2, 0) is 14.8 Å². The monoisotopic (exact) mass is 394 g/mol. The van der Waals surface area contributed by atoms with Crippen LogP contribution in [0, 0.1) is 11.8 Å². The molecule has 2 aliphatic rings. The van der Waals surface area contributed by atoms with E-state index in [0.29, 0.717) is 30.5 Å². The first-order chi connectivity index (χ1) is 12.8. The van der Waals surface area contributed by atoms with Gasteiger partial charge in [0.1, 0.15) is 0 Å². The Morgan fingerprint density at radius 1 is 1.26 bits per heavy atom. The summed E-state index contributed by atoms with van der Waals surface area (Å²) in [4.78, 5) is 12.8. The summed E-state index contributed by atoms with van der Waals surface area (Å²) in [6, 6.07) is 6.23. The molecular weight excluding hydrogens is 364 g/mol. The Bertz CT molecular complexity index is 764. The van der Waals surface area contributed by atoms with Gasteiger partial charge in [-0.05, 0) is 56.2 Å². The van der Waals surface area contributed by atoms with E-state index in [1.54, 1.807) is 22.5 Å². The van der Waals surface area contributed by atoms with Crippen molar-refractivity contribution in [2.24, 2.45) is 11.8 Å². The lowest BCUT2D eigenvalue weighted by Gasteiger charge is -2.34. The number of hydrogen-bond acceptors (Lipinski definition) is 4. The second-order valence-corrected chi connectivity index (χ2v) is 10.0. The number of nitrogens with zero attached hydrogens (tertiary/aromatic N) is 1. The molecule has 2 heterocycles. The van der Waals surface area contributed by atoms with Gasteiger partial charge in [-0.15, -0.1) is 0 Å². The zero-order valence-corrected chi connectivity index (χ0v) is 17.2. The van der Waals surface area contributed by atoms with Crippen molar-refractivity contribution in [1.29, 1.82) is 0 Å². The average Bonchev–Trinajstić information content (AvgIpc) is 3.16. The molecule has 1 amide bonds. The second kappa shape index (κ2) is 8.29. The maximum absolute atomic E-state index is 13.1. The molecule has 0 saturated carbocycles. The molecule has 7 heteroatoms. The van der Waals surface area contributed by atoms with Gasteiger partial charge < -0.3 is 10.1 Å². The van der Waals surface area contributed by atoms with E-state index in [2.05, 4.69) is 19.2 Å². The molecule has 1 N–H and O–H groups in total. The van der Waals surface area contributed by atoms with E-state index in [4.69, 9.17) is 4.74 Å². The summed E-state index contributed by atoms with van der Waals surface area (Å²) in [7, 11) is -3.60. The predicted octanol–water partition coefficient (Wildman–Crippen LogP) is 2.65. The Morgan fingerprint density at radius 3 is 2.59 bits per heavy atom. The molecule has 3 rings (SSSR count). The Morgan fingerprint density at radius 2 is 1.96 bits per heavy atom. The van der Waals surface area contributed by atoms with E-state index >= 15 is 0 Å². The number of ether oxygens (including phenoxy) is 1. The number of benzene rings is 1. The third-order valence-corrected chi connectivity index (χ3v) is 7.28. The van der Waals surface area contributed by atoms with Crippen molar-refractivity contribution in [1.82, 2.24) is 9.62 Å². The summed E-state index contributed by atoms with van der Waals surface area (Å²) < 4.78 is 33.3. The number of hydrogen-bond donors (Lipinski definition) is 1. The molecule has 1 aromatic carbocycles. The van der Waals surface area contributed by atoms with Crippen LogP contribution in [0.5, 0.6) is 0 Å². The number of carbonyl (C=O) groups is 1. The van der Waals surface area contributed by atoms with Gasteiger partial charge in [0.2, 0.25) is 10.0 Å². The fourth-order valence-corrected chi connectivity index (χ4v) is 5.85. The molecule has 0 bridgehead atoms. The SMILES string of the molecule is CC1CC(C)CN(S(=O)(=O)c2cccc(C(=O)NC(C)C3CCCO3)c2)C1. The highest BCUT2D eigenvalue weighted by atomic mass is 32.2. The third-order valence-electron chi connectivity index (χ3n) is 5.45. The van der Waals surface area contributed by atoms with Crippen molar-refractivity contribution >= 4 is 15.9 Å². The summed E-state index contributed by atoms with van der Waals surface area (Å²) >= 11 is 0. The Kier molecular flexibility index (Phi) is 6.23. The van der Waals surface area contributed by atoms with Crippen LogP contribution in [0.25, 0.3) is 0 Å². The minimum Gasteiger partial charge on any atom is -0.376 e. The highest BCUT2D eigenvalue weighted by molar-refractivity contribution is 7.89. The largest absolute Gasteiger partial charge is 0.376 e.